The zero-order valence-electron chi connectivity index (χ0n) is 9.79. The number of phenols is 1. The molecule has 6 heteroatoms. The number of nitrogen functional groups attached to an aromatic ring is 1. The predicted molar refractivity (Wildman–Crippen MR) is 71.5 cm³/mol. The first-order valence-electron chi connectivity index (χ1n) is 5.59. The summed E-state index contributed by atoms with van der Waals surface area (Å²) >= 11 is 0. The average molecular weight is 254 g/mol. The van der Waals surface area contributed by atoms with Crippen molar-refractivity contribution in [1.82, 2.24) is 4.98 Å². The molecule has 2 heterocycles. The van der Waals surface area contributed by atoms with Crippen LogP contribution in [0, 0.1) is 0 Å². The van der Waals surface area contributed by atoms with E-state index in [1.54, 1.807) is 30.3 Å². The highest BCUT2D eigenvalue weighted by Gasteiger charge is 2.09. The Labute approximate surface area is 107 Å². The second kappa shape index (κ2) is 4.09. The van der Waals surface area contributed by atoms with Gasteiger partial charge in [0.05, 0.1) is 17.0 Å². The summed E-state index contributed by atoms with van der Waals surface area (Å²) in [6, 6.07) is 6.72. The highest BCUT2D eigenvalue weighted by molar-refractivity contribution is 5.86. The SMILES string of the molecule is Nc1[nH]c(=O)/c(=C/c2ccccc2O)c2c1C=NN=2. The van der Waals surface area contributed by atoms with Crippen LogP contribution in [0.5, 0.6) is 5.75 Å². The molecule has 0 bridgehead atoms. The molecule has 1 aliphatic heterocycles. The minimum absolute atomic E-state index is 0.0893. The number of hydrogen-bond donors (Lipinski definition) is 3. The number of rotatable bonds is 1. The Kier molecular flexibility index (Phi) is 2.42. The number of nitrogens with zero attached hydrogens (tertiary/aromatic N) is 2. The summed E-state index contributed by atoms with van der Waals surface area (Å²) in [7, 11) is 0. The van der Waals surface area contributed by atoms with Crippen LogP contribution in [0.1, 0.15) is 11.1 Å². The topological polar surface area (TPSA) is 104 Å². The first-order chi connectivity index (χ1) is 9.16. The van der Waals surface area contributed by atoms with Crippen molar-refractivity contribution in [2.75, 3.05) is 5.73 Å². The van der Waals surface area contributed by atoms with Crippen molar-refractivity contribution in [1.29, 1.82) is 0 Å². The van der Waals surface area contributed by atoms with Gasteiger partial charge >= 0.3 is 0 Å². The van der Waals surface area contributed by atoms with Crippen molar-refractivity contribution in [3.8, 4) is 5.75 Å². The fourth-order valence-corrected chi connectivity index (χ4v) is 1.92. The summed E-state index contributed by atoms with van der Waals surface area (Å²) in [6.07, 6.45) is 3.05. The summed E-state index contributed by atoms with van der Waals surface area (Å²) < 4.78 is 0. The molecule has 94 valence electrons. The van der Waals surface area contributed by atoms with Crippen LogP contribution in [0.15, 0.2) is 39.3 Å². The van der Waals surface area contributed by atoms with Crippen LogP contribution >= 0.6 is 0 Å². The minimum Gasteiger partial charge on any atom is -0.507 e. The molecule has 0 aliphatic carbocycles. The lowest BCUT2D eigenvalue weighted by Crippen LogP contribution is -2.43. The van der Waals surface area contributed by atoms with E-state index < -0.39 is 0 Å². The fourth-order valence-electron chi connectivity index (χ4n) is 1.92. The maximum atomic E-state index is 12.0. The van der Waals surface area contributed by atoms with E-state index in [1.807, 2.05) is 0 Å². The van der Waals surface area contributed by atoms with Crippen molar-refractivity contribution in [3.05, 3.63) is 56.3 Å². The van der Waals surface area contributed by atoms with Gasteiger partial charge in [-0.3, -0.25) is 4.79 Å². The van der Waals surface area contributed by atoms with Gasteiger partial charge in [0, 0.05) is 5.56 Å². The number of phenolic OH excluding ortho intramolecular Hbond substituents is 1. The number of nitrogens with two attached hydrogens (primary N) is 1. The minimum atomic E-state index is -0.367. The second-order valence-corrected chi connectivity index (χ2v) is 4.09. The van der Waals surface area contributed by atoms with Crippen molar-refractivity contribution >= 4 is 18.1 Å². The average Bonchev–Trinajstić information content (AvgIpc) is 2.86. The molecule has 0 saturated carbocycles. The number of aromatic nitrogens is 1. The maximum Gasteiger partial charge on any atom is 0.259 e. The highest BCUT2D eigenvalue weighted by Crippen LogP contribution is 2.15. The Morgan fingerprint density at radius 3 is 2.89 bits per heavy atom. The first kappa shape index (κ1) is 11.2. The van der Waals surface area contributed by atoms with Crippen LogP contribution in [0.4, 0.5) is 5.82 Å². The zero-order valence-corrected chi connectivity index (χ0v) is 9.79. The summed E-state index contributed by atoms with van der Waals surface area (Å²) in [6.45, 7) is 0. The van der Waals surface area contributed by atoms with Gasteiger partial charge in [0.15, 0.2) is 0 Å². The van der Waals surface area contributed by atoms with E-state index in [9.17, 15) is 9.90 Å². The second-order valence-electron chi connectivity index (χ2n) is 4.09. The van der Waals surface area contributed by atoms with Crippen LogP contribution in [0.3, 0.4) is 0 Å². The van der Waals surface area contributed by atoms with E-state index >= 15 is 0 Å². The Balaban J connectivity index is 2.38. The van der Waals surface area contributed by atoms with E-state index in [1.165, 1.54) is 6.21 Å². The molecule has 0 atom stereocenters. The number of aromatic hydroxyl groups is 1. The maximum absolute atomic E-state index is 12.0. The molecule has 0 radical (unpaired) electrons. The van der Waals surface area contributed by atoms with Crippen LogP contribution in [0.25, 0.3) is 6.08 Å². The van der Waals surface area contributed by atoms with Gasteiger partial charge < -0.3 is 15.8 Å². The largest absolute Gasteiger partial charge is 0.507 e. The van der Waals surface area contributed by atoms with Gasteiger partial charge in [0.1, 0.15) is 16.9 Å². The monoisotopic (exact) mass is 254 g/mol. The first-order valence-corrected chi connectivity index (χ1v) is 5.59. The third-order valence-corrected chi connectivity index (χ3v) is 2.87. The molecular weight excluding hydrogens is 244 g/mol. The number of H-pyrrole nitrogens is 1. The lowest BCUT2D eigenvalue weighted by Gasteiger charge is -1.99. The molecule has 2 aromatic rings. The number of nitrogens with one attached hydrogen (secondary N) is 1. The quantitative estimate of drug-likeness (QED) is 0.636. The van der Waals surface area contributed by atoms with Gasteiger partial charge in [0.2, 0.25) is 0 Å². The standard InChI is InChI=1S/C13H10N4O2/c14-12-9-6-15-17-11(9)8(13(19)16-12)5-7-3-1-2-4-10(7)18/h1-6,18H,14H2,(H,16,19)/b8-5+. The molecule has 0 fully saturated rings. The van der Waals surface area contributed by atoms with Gasteiger partial charge in [-0.2, -0.15) is 5.10 Å². The van der Waals surface area contributed by atoms with E-state index in [-0.39, 0.29) is 17.1 Å². The molecule has 0 spiro atoms. The van der Waals surface area contributed by atoms with Gasteiger partial charge in [-0.1, -0.05) is 18.2 Å². The normalized spacial score (nSPS) is 13.4. The van der Waals surface area contributed by atoms with Gasteiger partial charge in [0.25, 0.3) is 5.56 Å². The lowest BCUT2D eigenvalue weighted by atomic mass is 10.1. The highest BCUT2D eigenvalue weighted by atomic mass is 16.3. The lowest BCUT2D eigenvalue weighted by molar-refractivity contribution is 0.474. The number of pyridine rings is 1. The van der Waals surface area contributed by atoms with E-state index in [2.05, 4.69) is 15.2 Å². The van der Waals surface area contributed by atoms with Crippen LogP contribution < -0.4 is 21.9 Å². The third-order valence-electron chi connectivity index (χ3n) is 2.87. The van der Waals surface area contributed by atoms with Crippen molar-refractivity contribution < 1.29 is 5.11 Å². The molecule has 1 aromatic heterocycles. The number of fused-ring (bicyclic) bond motifs is 1. The van der Waals surface area contributed by atoms with Crippen molar-refractivity contribution in [2.45, 2.75) is 0 Å². The molecule has 1 aromatic carbocycles. The molecule has 6 nitrogen and oxygen atoms in total. The molecule has 19 heavy (non-hydrogen) atoms. The van der Waals surface area contributed by atoms with E-state index in [0.717, 1.165) is 0 Å². The predicted octanol–water partition coefficient (Wildman–Crippen LogP) is -0.541. The number of anilines is 1. The van der Waals surface area contributed by atoms with Gasteiger partial charge in [-0.15, -0.1) is 5.10 Å². The van der Waals surface area contributed by atoms with Crippen molar-refractivity contribution in [2.24, 2.45) is 10.2 Å². The smallest absolute Gasteiger partial charge is 0.259 e. The van der Waals surface area contributed by atoms with Crippen LogP contribution in [-0.2, 0) is 0 Å². The summed E-state index contributed by atoms with van der Waals surface area (Å²) in [5.74, 6) is 0.325. The molecule has 0 amide bonds. The number of aromatic amines is 1. The number of hydrogen-bond acceptors (Lipinski definition) is 5. The Morgan fingerprint density at radius 2 is 2.11 bits per heavy atom. The number of benzene rings is 1. The molecule has 0 saturated heterocycles. The molecular formula is C13H10N4O2. The van der Waals surface area contributed by atoms with Crippen LogP contribution in [0.2, 0.25) is 0 Å². The van der Waals surface area contributed by atoms with E-state index in [4.69, 9.17) is 5.73 Å². The Morgan fingerprint density at radius 1 is 1.32 bits per heavy atom. The van der Waals surface area contributed by atoms with Crippen molar-refractivity contribution in [3.63, 3.8) is 0 Å². The summed E-state index contributed by atoms with van der Waals surface area (Å²) in [5, 5.41) is 18.1. The summed E-state index contributed by atoms with van der Waals surface area (Å²) in [4.78, 5) is 14.5. The molecule has 0 unspecified atom stereocenters. The van der Waals surface area contributed by atoms with Gasteiger partial charge in [-0.05, 0) is 12.1 Å². The van der Waals surface area contributed by atoms with E-state index in [0.29, 0.717) is 21.7 Å². The molecule has 4 N–H and O–H groups in total. The fraction of sp³-hybridized carbons (Fsp3) is 0. The zero-order chi connectivity index (χ0) is 13.4. The number of para-hydroxylation sites is 1. The molecule has 1 aliphatic rings. The third kappa shape index (κ3) is 1.79. The van der Waals surface area contributed by atoms with Gasteiger partial charge in [-0.25, -0.2) is 0 Å². The van der Waals surface area contributed by atoms with Crippen LogP contribution in [-0.4, -0.2) is 16.3 Å². The Bertz CT molecular complexity index is 865. The summed E-state index contributed by atoms with van der Waals surface area (Å²) in [5.41, 5.74) is 6.44. The Hall–Kier alpha value is -2.89. The molecule has 3 rings (SSSR count).